The van der Waals surface area contributed by atoms with Gasteiger partial charge in [0, 0.05) is 5.69 Å². The number of para-hydroxylation sites is 1. The molecule has 9 heteroatoms. The Kier molecular flexibility index (Phi) is 6.58. The number of methoxy groups -OCH3 is 1. The number of amides is 1. The molecule has 5 rings (SSSR count). The first-order valence-electron chi connectivity index (χ1n) is 11.2. The van der Waals surface area contributed by atoms with Crippen LogP contribution < -0.4 is 20.2 Å². The van der Waals surface area contributed by atoms with Crippen molar-refractivity contribution in [3.05, 3.63) is 95.8 Å². The molecule has 8 nitrogen and oxygen atoms in total. The number of thioether (sulfide) groups is 1. The molecule has 0 radical (unpaired) electrons. The van der Waals surface area contributed by atoms with Gasteiger partial charge >= 0.3 is 0 Å². The normalized spacial score (nSPS) is 16.6. The quantitative estimate of drug-likeness (QED) is 0.395. The molecule has 2 N–H and O–H groups in total. The van der Waals surface area contributed by atoms with Crippen molar-refractivity contribution in [2.75, 3.05) is 17.9 Å². The summed E-state index contributed by atoms with van der Waals surface area (Å²) < 4.78 is 13.0. The molecule has 2 heterocycles. The number of rotatable bonds is 7. The van der Waals surface area contributed by atoms with E-state index in [4.69, 9.17) is 9.47 Å². The maximum Gasteiger partial charge on any atom is 0.240 e. The minimum atomic E-state index is -0.483. The highest BCUT2D eigenvalue weighted by molar-refractivity contribution is 8.00. The molecule has 0 bridgehead atoms. The van der Waals surface area contributed by atoms with E-state index < -0.39 is 5.25 Å². The number of nitrogens with zero attached hydrogens (tertiary/aromatic N) is 3. The molecule has 0 saturated heterocycles. The number of anilines is 1. The Morgan fingerprint density at radius 3 is 2.57 bits per heavy atom. The topological polar surface area (TPSA) is 90.3 Å². The predicted molar refractivity (Wildman–Crippen MR) is 135 cm³/mol. The number of carbonyl (C=O) groups excluding carboxylic acids is 1. The summed E-state index contributed by atoms with van der Waals surface area (Å²) in [5.74, 6) is 1.99. The Morgan fingerprint density at radius 1 is 1.03 bits per heavy atom. The van der Waals surface area contributed by atoms with E-state index in [1.807, 2.05) is 85.8 Å². The van der Waals surface area contributed by atoms with Crippen LogP contribution in [0.4, 0.5) is 5.69 Å². The van der Waals surface area contributed by atoms with Crippen LogP contribution >= 0.6 is 11.8 Å². The van der Waals surface area contributed by atoms with E-state index in [1.54, 1.807) is 11.8 Å². The Bertz CT molecular complexity index is 1310. The fraction of sp³-hybridized carbons (Fsp3) is 0.192. The van der Waals surface area contributed by atoms with Gasteiger partial charge in [-0.1, -0.05) is 54.2 Å². The summed E-state index contributed by atoms with van der Waals surface area (Å²) in [6.45, 7) is 2.23. The second-order valence-electron chi connectivity index (χ2n) is 8.11. The van der Waals surface area contributed by atoms with Gasteiger partial charge in [0.15, 0.2) is 5.82 Å². The molecule has 178 valence electrons. The second-order valence-corrected chi connectivity index (χ2v) is 9.22. The molecule has 3 aromatic carbocycles. The number of nitrogens with one attached hydrogen (secondary N) is 2. The van der Waals surface area contributed by atoms with Crippen LogP contribution in [0.3, 0.4) is 0 Å². The number of hydrogen-bond acceptors (Lipinski definition) is 7. The maximum atomic E-state index is 13.4. The van der Waals surface area contributed by atoms with E-state index in [2.05, 4.69) is 20.9 Å². The zero-order chi connectivity index (χ0) is 24.2. The lowest BCUT2D eigenvalue weighted by molar-refractivity contribution is -0.116. The first-order valence-corrected chi connectivity index (χ1v) is 12.1. The van der Waals surface area contributed by atoms with Crippen molar-refractivity contribution < 1.29 is 14.3 Å². The van der Waals surface area contributed by atoms with Gasteiger partial charge in [-0.15, -0.1) is 10.2 Å². The number of aryl methyl sites for hydroxylation is 1. The summed E-state index contributed by atoms with van der Waals surface area (Å²) in [6.07, 6.45) is 0. The van der Waals surface area contributed by atoms with Gasteiger partial charge in [0.2, 0.25) is 11.1 Å². The van der Waals surface area contributed by atoms with Gasteiger partial charge in [0.25, 0.3) is 0 Å². The molecule has 1 aromatic heterocycles. The monoisotopic (exact) mass is 487 g/mol. The Balaban J connectivity index is 1.42. The largest absolute Gasteiger partial charge is 0.497 e. The molecule has 1 aliphatic heterocycles. The van der Waals surface area contributed by atoms with E-state index in [9.17, 15) is 4.79 Å². The van der Waals surface area contributed by atoms with E-state index in [1.165, 1.54) is 11.8 Å². The molecule has 0 spiro atoms. The van der Waals surface area contributed by atoms with Gasteiger partial charge in [-0.05, 0) is 54.4 Å². The van der Waals surface area contributed by atoms with Gasteiger partial charge < -0.3 is 20.2 Å². The van der Waals surface area contributed by atoms with Crippen molar-refractivity contribution in [3.63, 3.8) is 0 Å². The lowest BCUT2D eigenvalue weighted by Gasteiger charge is -2.33. The SMILES string of the molecule is COc1ccc([C@@H]2Nn3c(COc4ccccc4)nnc3S[C@H]2C(=O)Nc2cccc(C)c2)cc1. The minimum Gasteiger partial charge on any atom is -0.497 e. The van der Waals surface area contributed by atoms with Crippen LogP contribution in [0.2, 0.25) is 0 Å². The fourth-order valence-corrected chi connectivity index (χ4v) is 4.95. The highest BCUT2D eigenvalue weighted by atomic mass is 32.2. The van der Waals surface area contributed by atoms with Crippen LogP contribution in [0.25, 0.3) is 0 Å². The smallest absolute Gasteiger partial charge is 0.240 e. The molecule has 2 atom stereocenters. The van der Waals surface area contributed by atoms with Crippen LogP contribution in [0.15, 0.2) is 84.0 Å². The number of hydrogen-bond donors (Lipinski definition) is 2. The van der Waals surface area contributed by atoms with Crippen molar-refractivity contribution in [2.24, 2.45) is 0 Å². The first-order chi connectivity index (χ1) is 17.1. The lowest BCUT2D eigenvalue weighted by atomic mass is 10.0. The number of ether oxygens (including phenoxy) is 2. The van der Waals surface area contributed by atoms with Crippen molar-refractivity contribution in [3.8, 4) is 11.5 Å². The van der Waals surface area contributed by atoms with E-state index in [0.29, 0.717) is 11.0 Å². The van der Waals surface area contributed by atoms with E-state index >= 15 is 0 Å². The highest BCUT2D eigenvalue weighted by Gasteiger charge is 2.38. The van der Waals surface area contributed by atoms with Crippen molar-refractivity contribution in [1.29, 1.82) is 0 Å². The molecule has 0 saturated carbocycles. The zero-order valence-corrected chi connectivity index (χ0v) is 20.2. The van der Waals surface area contributed by atoms with Gasteiger partial charge in [0.05, 0.1) is 13.2 Å². The zero-order valence-electron chi connectivity index (χ0n) is 19.3. The molecular formula is C26H25N5O3S. The van der Waals surface area contributed by atoms with Crippen molar-refractivity contribution in [1.82, 2.24) is 14.9 Å². The third-order valence-electron chi connectivity index (χ3n) is 5.63. The van der Waals surface area contributed by atoms with Crippen LogP contribution in [0, 0.1) is 6.92 Å². The van der Waals surface area contributed by atoms with Crippen molar-refractivity contribution >= 4 is 23.4 Å². The first kappa shape index (κ1) is 22.8. The van der Waals surface area contributed by atoms with Crippen LogP contribution in [-0.4, -0.2) is 33.1 Å². The summed E-state index contributed by atoms with van der Waals surface area (Å²) in [5, 5.41) is 11.8. The van der Waals surface area contributed by atoms with E-state index in [0.717, 1.165) is 28.3 Å². The maximum absolute atomic E-state index is 13.4. The average Bonchev–Trinajstić information content (AvgIpc) is 3.29. The van der Waals surface area contributed by atoms with Crippen molar-refractivity contribution in [2.45, 2.75) is 30.0 Å². The summed E-state index contributed by atoms with van der Waals surface area (Å²) >= 11 is 1.37. The second kappa shape index (κ2) is 10.1. The highest BCUT2D eigenvalue weighted by Crippen LogP contribution is 2.38. The lowest BCUT2D eigenvalue weighted by Crippen LogP contribution is -2.41. The van der Waals surface area contributed by atoms with Crippen LogP contribution in [0.1, 0.15) is 23.0 Å². The molecule has 0 fully saturated rings. The minimum absolute atomic E-state index is 0.120. The third kappa shape index (κ3) is 5.09. The van der Waals surface area contributed by atoms with Gasteiger partial charge in [-0.3, -0.25) is 4.79 Å². The Labute approximate surface area is 207 Å². The number of aromatic nitrogens is 3. The van der Waals surface area contributed by atoms with Gasteiger partial charge in [0.1, 0.15) is 23.4 Å². The Morgan fingerprint density at radius 2 is 1.83 bits per heavy atom. The van der Waals surface area contributed by atoms with Crippen LogP contribution in [-0.2, 0) is 11.4 Å². The van der Waals surface area contributed by atoms with E-state index in [-0.39, 0.29) is 18.6 Å². The molecule has 0 unspecified atom stereocenters. The summed E-state index contributed by atoms with van der Waals surface area (Å²) in [6, 6.07) is 24.7. The number of carbonyl (C=O) groups is 1. The Hall–Kier alpha value is -3.98. The number of benzene rings is 3. The fourth-order valence-electron chi connectivity index (χ4n) is 3.85. The van der Waals surface area contributed by atoms with Gasteiger partial charge in [-0.2, -0.15) is 0 Å². The summed E-state index contributed by atoms with van der Waals surface area (Å²) in [4.78, 5) is 13.4. The van der Waals surface area contributed by atoms with Gasteiger partial charge in [-0.25, -0.2) is 4.68 Å². The standard InChI is InChI=1S/C26H25N5O3S/c1-17-7-6-8-19(15-17)27-25(32)24-23(18-11-13-20(33-2)14-12-18)30-31-22(28-29-26(31)35-24)16-34-21-9-4-3-5-10-21/h3-15,23-24,30H,16H2,1-2H3,(H,27,32)/t23-,24+/m0/s1. The number of fused-ring (bicyclic) bond motifs is 1. The molecule has 4 aromatic rings. The van der Waals surface area contributed by atoms with Crippen LogP contribution in [0.5, 0.6) is 11.5 Å². The molecule has 35 heavy (non-hydrogen) atoms. The summed E-state index contributed by atoms with van der Waals surface area (Å²) in [5.41, 5.74) is 6.23. The summed E-state index contributed by atoms with van der Waals surface area (Å²) in [7, 11) is 1.63. The molecule has 0 aliphatic carbocycles. The molecule has 1 amide bonds. The molecule has 1 aliphatic rings. The molecular weight excluding hydrogens is 462 g/mol. The average molecular weight is 488 g/mol. The predicted octanol–water partition coefficient (Wildman–Crippen LogP) is 4.57. The third-order valence-corrected chi connectivity index (χ3v) is 6.85.